The number of hydrogen-bond donors (Lipinski definition) is 0. The standard InChI is InChI=1S/C15H16N2O2/c1-11(18)12-3-2-4-15(7-12)19-9-14-8-16-10-17(14)13-5-6-13/h2-4,7-8,10,13H,5-6,9H2,1H3. The molecule has 1 fully saturated rings. The van der Waals surface area contributed by atoms with E-state index in [-0.39, 0.29) is 5.78 Å². The summed E-state index contributed by atoms with van der Waals surface area (Å²) in [6.07, 6.45) is 6.15. The third kappa shape index (κ3) is 2.67. The lowest BCUT2D eigenvalue weighted by atomic mass is 10.1. The van der Waals surface area contributed by atoms with Gasteiger partial charge in [0, 0.05) is 11.6 Å². The molecule has 0 unspecified atom stereocenters. The van der Waals surface area contributed by atoms with Crippen molar-refractivity contribution in [3.05, 3.63) is 48.0 Å². The van der Waals surface area contributed by atoms with Crippen molar-refractivity contribution in [3.63, 3.8) is 0 Å². The second kappa shape index (κ2) is 4.88. The summed E-state index contributed by atoms with van der Waals surface area (Å²) in [6.45, 7) is 2.04. The second-order valence-electron chi connectivity index (χ2n) is 4.90. The van der Waals surface area contributed by atoms with E-state index in [2.05, 4.69) is 9.55 Å². The van der Waals surface area contributed by atoms with Gasteiger partial charge < -0.3 is 9.30 Å². The van der Waals surface area contributed by atoms with E-state index in [1.165, 1.54) is 12.8 Å². The lowest BCUT2D eigenvalue weighted by Gasteiger charge is -2.09. The van der Waals surface area contributed by atoms with Crippen LogP contribution in [0.5, 0.6) is 5.75 Å². The minimum Gasteiger partial charge on any atom is -0.487 e. The molecule has 0 bridgehead atoms. The summed E-state index contributed by atoms with van der Waals surface area (Å²) in [5.74, 6) is 0.768. The van der Waals surface area contributed by atoms with E-state index in [0.29, 0.717) is 18.2 Å². The molecular weight excluding hydrogens is 240 g/mol. The number of rotatable bonds is 5. The fraction of sp³-hybridized carbons (Fsp3) is 0.333. The zero-order valence-electron chi connectivity index (χ0n) is 10.9. The Labute approximate surface area is 112 Å². The SMILES string of the molecule is CC(=O)c1cccc(OCc2cncn2C2CC2)c1. The third-order valence-electron chi connectivity index (χ3n) is 3.31. The van der Waals surface area contributed by atoms with Crippen LogP contribution in [0.2, 0.25) is 0 Å². The fourth-order valence-electron chi connectivity index (χ4n) is 2.09. The van der Waals surface area contributed by atoms with Gasteiger partial charge in [0.15, 0.2) is 5.78 Å². The first-order valence-electron chi connectivity index (χ1n) is 6.48. The highest BCUT2D eigenvalue weighted by Gasteiger charge is 2.25. The molecule has 1 aliphatic rings. The van der Waals surface area contributed by atoms with Gasteiger partial charge in [-0.2, -0.15) is 0 Å². The molecule has 4 nitrogen and oxygen atoms in total. The average Bonchev–Trinajstić information content (AvgIpc) is 3.16. The summed E-state index contributed by atoms with van der Waals surface area (Å²) in [5.41, 5.74) is 1.75. The van der Waals surface area contributed by atoms with Crippen LogP contribution in [0.25, 0.3) is 0 Å². The molecule has 1 aromatic carbocycles. The Hall–Kier alpha value is -2.10. The Morgan fingerprint density at radius 2 is 2.32 bits per heavy atom. The third-order valence-corrected chi connectivity index (χ3v) is 3.31. The Kier molecular flexibility index (Phi) is 3.07. The van der Waals surface area contributed by atoms with Gasteiger partial charge in [-0.15, -0.1) is 0 Å². The molecule has 1 saturated carbocycles. The largest absolute Gasteiger partial charge is 0.487 e. The molecule has 1 aromatic heterocycles. The summed E-state index contributed by atoms with van der Waals surface area (Å²) in [7, 11) is 0. The predicted molar refractivity (Wildman–Crippen MR) is 71.3 cm³/mol. The van der Waals surface area contributed by atoms with E-state index < -0.39 is 0 Å². The molecule has 1 aliphatic carbocycles. The monoisotopic (exact) mass is 256 g/mol. The number of imidazole rings is 1. The number of ketones is 1. The number of carbonyl (C=O) groups excluding carboxylic acids is 1. The Balaban J connectivity index is 1.70. The fourth-order valence-corrected chi connectivity index (χ4v) is 2.09. The van der Waals surface area contributed by atoms with Crippen LogP contribution in [0.3, 0.4) is 0 Å². The van der Waals surface area contributed by atoms with Crippen molar-refractivity contribution in [2.45, 2.75) is 32.4 Å². The zero-order chi connectivity index (χ0) is 13.2. The van der Waals surface area contributed by atoms with Gasteiger partial charge in [0.1, 0.15) is 12.4 Å². The molecule has 1 heterocycles. The number of benzene rings is 1. The number of hydrogen-bond acceptors (Lipinski definition) is 3. The number of Topliss-reactive ketones (excluding diaryl/α,β-unsaturated/α-hetero) is 1. The molecule has 0 amide bonds. The van der Waals surface area contributed by atoms with Crippen LogP contribution in [0.4, 0.5) is 0 Å². The van der Waals surface area contributed by atoms with E-state index in [1.807, 2.05) is 24.7 Å². The van der Waals surface area contributed by atoms with Gasteiger partial charge >= 0.3 is 0 Å². The quantitative estimate of drug-likeness (QED) is 0.772. The maximum Gasteiger partial charge on any atom is 0.159 e. The molecule has 0 radical (unpaired) electrons. The molecule has 0 aliphatic heterocycles. The van der Waals surface area contributed by atoms with Gasteiger partial charge in [0.25, 0.3) is 0 Å². The van der Waals surface area contributed by atoms with Crippen molar-refractivity contribution in [1.29, 1.82) is 0 Å². The van der Waals surface area contributed by atoms with Crippen molar-refractivity contribution >= 4 is 5.78 Å². The Morgan fingerprint density at radius 1 is 1.47 bits per heavy atom. The van der Waals surface area contributed by atoms with Crippen LogP contribution >= 0.6 is 0 Å². The van der Waals surface area contributed by atoms with Crippen LogP contribution in [-0.2, 0) is 6.61 Å². The molecule has 0 saturated heterocycles. The van der Waals surface area contributed by atoms with Crippen molar-refractivity contribution < 1.29 is 9.53 Å². The first-order valence-corrected chi connectivity index (χ1v) is 6.48. The molecule has 19 heavy (non-hydrogen) atoms. The van der Waals surface area contributed by atoms with Crippen molar-refractivity contribution in [1.82, 2.24) is 9.55 Å². The number of ether oxygens (including phenoxy) is 1. The van der Waals surface area contributed by atoms with Crippen LogP contribution < -0.4 is 4.74 Å². The minimum atomic E-state index is 0.0495. The van der Waals surface area contributed by atoms with Gasteiger partial charge in [0.05, 0.1) is 18.2 Å². The van der Waals surface area contributed by atoms with Crippen molar-refractivity contribution in [3.8, 4) is 5.75 Å². The number of aromatic nitrogens is 2. The molecule has 3 rings (SSSR count). The van der Waals surface area contributed by atoms with Crippen LogP contribution in [0.15, 0.2) is 36.8 Å². The summed E-state index contributed by atoms with van der Waals surface area (Å²) in [5, 5.41) is 0. The van der Waals surface area contributed by atoms with Crippen LogP contribution in [-0.4, -0.2) is 15.3 Å². The Morgan fingerprint density at radius 3 is 3.05 bits per heavy atom. The van der Waals surface area contributed by atoms with Crippen LogP contribution in [0.1, 0.15) is 41.9 Å². The maximum atomic E-state index is 11.3. The van der Waals surface area contributed by atoms with E-state index in [0.717, 1.165) is 11.4 Å². The normalized spacial score (nSPS) is 14.4. The first kappa shape index (κ1) is 12.0. The zero-order valence-corrected chi connectivity index (χ0v) is 10.9. The second-order valence-corrected chi connectivity index (χ2v) is 4.90. The van der Waals surface area contributed by atoms with E-state index >= 15 is 0 Å². The molecular formula is C15H16N2O2. The van der Waals surface area contributed by atoms with Crippen LogP contribution in [0, 0.1) is 0 Å². The summed E-state index contributed by atoms with van der Waals surface area (Å²) < 4.78 is 7.92. The lowest BCUT2D eigenvalue weighted by molar-refractivity contribution is 0.101. The van der Waals surface area contributed by atoms with E-state index in [4.69, 9.17) is 4.74 Å². The maximum absolute atomic E-state index is 11.3. The molecule has 98 valence electrons. The summed E-state index contributed by atoms with van der Waals surface area (Å²) in [6, 6.07) is 7.88. The minimum absolute atomic E-state index is 0.0495. The summed E-state index contributed by atoms with van der Waals surface area (Å²) in [4.78, 5) is 15.5. The molecule has 0 atom stereocenters. The summed E-state index contributed by atoms with van der Waals surface area (Å²) >= 11 is 0. The number of nitrogens with zero attached hydrogens (tertiary/aromatic N) is 2. The first-order chi connectivity index (χ1) is 9.24. The predicted octanol–water partition coefficient (Wildman–Crippen LogP) is 3.00. The van der Waals surface area contributed by atoms with Gasteiger partial charge in [-0.05, 0) is 31.9 Å². The molecule has 4 heteroatoms. The molecule has 2 aromatic rings. The van der Waals surface area contributed by atoms with E-state index in [1.54, 1.807) is 19.1 Å². The van der Waals surface area contributed by atoms with Crippen molar-refractivity contribution in [2.24, 2.45) is 0 Å². The smallest absolute Gasteiger partial charge is 0.159 e. The highest BCUT2D eigenvalue weighted by atomic mass is 16.5. The number of carbonyl (C=O) groups is 1. The molecule has 0 spiro atoms. The highest BCUT2D eigenvalue weighted by molar-refractivity contribution is 5.94. The average molecular weight is 256 g/mol. The lowest BCUT2D eigenvalue weighted by Crippen LogP contribution is -2.04. The van der Waals surface area contributed by atoms with Gasteiger partial charge in [-0.25, -0.2) is 4.98 Å². The van der Waals surface area contributed by atoms with Crippen molar-refractivity contribution in [2.75, 3.05) is 0 Å². The molecule has 0 N–H and O–H groups in total. The van der Waals surface area contributed by atoms with E-state index in [9.17, 15) is 4.79 Å². The highest BCUT2D eigenvalue weighted by Crippen LogP contribution is 2.35. The van der Waals surface area contributed by atoms with Gasteiger partial charge in [-0.1, -0.05) is 12.1 Å². The topological polar surface area (TPSA) is 44.1 Å². The Bertz CT molecular complexity index is 600. The van der Waals surface area contributed by atoms with Gasteiger partial charge in [0.2, 0.25) is 0 Å². The van der Waals surface area contributed by atoms with Gasteiger partial charge in [-0.3, -0.25) is 4.79 Å².